The number of hydrogen-bond acceptors (Lipinski definition) is 5. The van der Waals surface area contributed by atoms with E-state index in [4.69, 9.17) is 15.6 Å². The van der Waals surface area contributed by atoms with Gasteiger partial charge in [0.1, 0.15) is 6.04 Å². The molecule has 2 aromatic rings. The monoisotopic (exact) mass is 390 g/mol. The van der Waals surface area contributed by atoms with Crippen LogP contribution in [-0.2, 0) is 20.7 Å². The summed E-state index contributed by atoms with van der Waals surface area (Å²) >= 11 is 0. The summed E-state index contributed by atoms with van der Waals surface area (Å²) in [6, 6.07) is 6.73. The summed E-state index contributed by atoms with van der Waals surface area (Å²) in [6.45, 7) is 0.704. The van der Waals surface area contributed by atoms with Crippen LogP contribution in [0.4, 0.5) is 4.79 Å². The highest BCUT2D eigenvalue weighted by atomic mass is 16.5. The van der Waals surface area contributed by atoms with Crippen molar-refractivity contribution in [3.8, 4) is 0 Å². The molecule has 1 atom stereocenters. The van der Waals surface area contributed by atoms with E-state index in [0.29, 0.717) is 13.0 Å². The Morgan fingerprint density at radius 3 is 2.75 bits per heavy atom. The van der Waals surface area contributed by atoms with Crippen LogP contribution in [0.2, 0.25) is 0 Å². The van der Waals surface area contributed by atoms with Crippen LogP contribution >= 0.6 is 0 Å². The number of fused-ring (bicyclic) bond motifs is 1. The van der Waals surface area contributed by atoms with Crippen molar-refractivity contribution in [3.63, 3.8) is 0 Å². The standard InChI is InChI=1S/C19H26N4O5/c20-8-3-4-10-28-19(27)23-16(18(26)21-9-7-17(24)25)11-13-12-22-15-6-2-1-5-14(13)15/h1-2,5-6,12,16,22H,3-4,7-11,20H2,(H,21,26)(H,23,27)(H,24,25)/t16-/m0/s1. The van der Waals surface area contributed by atoms with E-state index in [2.05, 4.69) is 15.6 Å². The lowest BCUT2D eigenvalue weighted by Crippen LogP contribution is -2.48. The molecular formula is C19H26N4O5. The third-order valence-corrected chi connectivity index (χ3v) is 4.18. The van der Waals surface area contributed by atoms with Crippen molar-refractivity contribution in [2.45, 2.75) is 31.7 Å². The summed E-state index contributed by atoms with van der Waals surface area (Å²) in [5.74, 6) is -1.48. The molecule has 1 aromatic carbocycles. The van der Waals surface area contributed by atoms with E-state index in [1.807, 2.05) is 24.3 Å². The predicted octanol–water partition coefficient (Wildman–Crippen LogP) is 1.13. The van der Waals surface area contributed by atoms with Crippen LogP contribution < -0.4 is 16.4 Å². The van der Waals surface area contributed by atoms with Crippen LogP contribution in [0.3, 0.4) is 0 Å². The van der Waals surface area contributed by atoms with E-state index in [1.54, 1.807) is 6.20 Å². The molecule has 0 fully saturated rings. The highest BCUT2D eigenvalue weighted by Crippen LogP contribution is 2.19. The lowest BCUT2D eigenvalue weighted by Gasteiger charge is -2.18. The molecule has 9 nitrogen and oxygen atoms in total. The number of nitrogens with two attached hydrogens (primary N) is 1. The zero-order valence-corrected chi connectivity index (χ0v) is 15.6. The molecule has 0 saturated heterocycles. The number of H-pyrrole nitrogens is 1. The molecule has 0 saturated carbocycles. The summed E-state index contributed by atoms with van der Waals surface area (Å²) in [5.41, 5.74) is 7.18. The second kappa shape index (κ2) is 10.9. The number of aliphatic carboxylic acids is 1. The normalized spacial score (nSPS) is 11.8. The number of aromatic amines is 1. The molecule has 6 N–H and O–H groups in total. The number of hydrogen-bond donors (Lipinski definition) is 5. The topological polar surface area (TPSA) is 147 Å². The van der Waals surface area contributed by atoms with Crippen molar-refractivity contribution in [3.05, 3.63) is 36.0 Å². The molecule has 1 heterocycles. The van der Waals surface area contributed by atoms with Crippen molar-refractivity contribution in [2.24, 2.45) is 5.73 Å². The molecule has 0 aliphatic heterocycles. The quantitative estimate of drug-likeness (QED) is 0.364. The van der Waals surface area contributed by atoms with Crippen LogP contribution in [0.15, 0.2) is 30.5 Å². The third-order valence-electron chi connectivity index (χ3n) is 4.18. The number of benzene rings is 1. The Hall–Kier alpha value is -3.07. The van der Waals surface area contributed by atoms with Gasteiger partial charge in [0, 0.05) is 30.1 Å². The van der Waals surface area contributed by atoms with Crippen LogP contribution in [0.25, 0.3) is 10.9 Å². The van der Waals surface area contributed by atoms with Crippen LogP contribution in [0, 0.1) is 0 Å². The van der Waals surface area contributed by atoms with Gasteiger partial charge in [-0.05, 0) is 31.0 Å². The Balaban J connectivity index is 2.03. The van der Waals surface area contributed by atoms with Crippen molar-refractivity contribution < 1.29 is 24.2 Å². The molecule has 152 valence electrons. The zero-order chi connectivity index (χ0) is 20.4. The third kappa shape index (κ3) is 6.58. The molecule has 28 heavy (non-hydrogen) atoms. The van der Waals surface area contributed by atoms with Crippen LogP contribution in [-0.4, -0.2) is 53.8 Å². The first-order valence-corrected chi connectivity index (χ1v) is 9.19. The van der Waals surface area contributed by atoms with E-state index in [-0.39, 0.29) is 26.0 Å². The largest absolute Gasteiger partial charge is 0.481 e. The lowest BCUT2D eigenvalue weighted by atomic mass is 10.0. The number of carbonyl (C=O) groups is 3. The zero-order valence-electron chi connectivity index (χ0n) is 15.6. The van der Waals surface area contributed by atoms with Crippen LogP contribution in [0.1, 0.15) is 24.8 Å². The van der Waals surface area contributed by atoms with Gasteiger partial charge in [0.25, 0.3) is 0 Å². The van der Waals surface area contributed by atoms with Gasteiger partial charge in [0.2, 0.25) is 5.91 Å². The van der Waals surface area contributed by atoms with E-state index in [9.17, 15) is 14.4 Å². The Morgan fingerprint density at radius 2 is 2.00 bits per heavy atom. The molecule has 0 aliphatic rings. The van der Waals surface area contributed by atoms with E-state index in [1.165, 1.54) is 0 Å². The number of alkyl carbamates (subject to hydrolysis) is 1. The number of aromatic nitrogens is 1. The predicted molar refractivity (Wildman–Crippen MR) is 104 cm³/mol. The van der Waals surface area contributed by atoms with Crippen molar-refractivity contribution in [1.82, 2.24) is 15.6 Å². The molecule has 9 heteroatoms. The van der Waals surface area contributed by atoms with Gasteiger partial charge in [0.15, 0.2) is 0 Å². The maximum atomic E-state index is 12.5. The Bertz CT molecular complexity index is 804. The highest BCUT2D eigenvalue weighted by molar-refractivity contribution is 5.88. The number of carboxylic acids is 1. The second-order valence-electron chi connectivity index (χ2n) is 6.33. The summed E-state index contributed by atoms with van der Waals surface area (Å²) in [7, 11) is 0. The van der Waals surface area contributed by atoms with E-state index < -0.39 is 24.0 Å². The fourth-order valence-corrected chi connectivity index (χ4v) is 2.74. The Kier molecular flexibility index (Phi) is 8.29. The van der Waals surface area contributed by atoms with E-state index in [0.717, 1.165) is 22.9 Å². The van der Waals surface area contributed by atoms with Gasteiger partial charge in [-0.2, -0.15) is 0 Å². The fraction of sp³-hybridized carbons (Fsp3) is 0.421. The summed E-state index contributed by atoms with van der Waals surface area (Å²) in [5, 5.41) is 14.8. The molecule has 1 aromatic heterocycles. The molecule has 2 rings (SSSR count). The summed E-state index contributed by atoms with van der Waals surface area (Å²) in [4.78, 5) is 38.3. The lowest BCUT2D eigenvalue weighted by molar-refractivity contribution is -0.137. The van der Waals surface area contributed by atoms with Gasteiger partial charge in [-0.15, -0.1) is 0 Å². The minimum Gasteiger partial charge on any atom is -0.481 e. The van der Waals surface area contributed by atoms with Gasteiger partial charge in [-0.25, -0.2) is 4.79 Å². The smallest absolute Gasteiger partial charge is 0.407 e. The Labute approximate surface area is 162 Å². The molecule has 0 aliphatic carbocycles. The Morgan fingerprint density at radius 1 is 1.21 bits per heavy atom. The number of ether oxygens (including phenoxy) is 1. The SMILES string of the molecule is NCCCCOC(=O)N[C@@H](Cc1c[nH]c2ccccc12)C(=O)NCCC(=O)O. The summed E-state index contributed by atoms with van der Waals surface area (Å²) < 4.78 is 5.09. The molecular weight excluding hydrogens is 364 g/mol. The van der Waals surface area contributed by atoms with Crippen molar-refractivity contribution >= 4 is 28.9 Å². The molecule has 0 bridgehead atoms. The molecule has 2 amide bonds. The van der Waals surface area contributed by atoms with Gasteiger partial charge in [-0.3, -0.25) is 9.59 Å². The minimum atomic E-state index is -1.01. The fourth-order valence-electron chi connectivity index (χ4n) is 2.74. The van der Waals surface area contributed by atoms with Gasteiger partial charge >= 0.3 is 12.1 Å². The highest BCUT2D eigenvalue weighted by Gasteiger charge is 2.23. The number of carboxylic acid groups (broad SMARTS) is 1. The van der Waals surface area contributed by atoms with Crippen LogP contribution in [0.5, 0.6) is 0 Å². The minimum absolute atomic E-state index is 0.0220. The van der Waals surface area contributed by atoms with Gasteiger partial charge in [0.05, 0.1) is 13.0 Å². The van der Waals surface area contributed by atoms with Crippen molar-refractivity contribution in [1.29, 1.82) is 0 Å². The number of para-hydroxylation sites is 1. The first kappa shape index (κ1) is 21.2. The van der Waals surface area contributed by atoms with Gasteiger partial charge < -0.3 is 31.2 Å². The maximum absolute atomic E-state index is 12.5. The number of carbonyl (C=O) groups excluding carboxylic acids is 2. The number of unbranched alkanes of at least 4 members (excludes halogenated alkanes) is 1. The van der Waals surface area contributed by atoms with Crippen molar-refractivity contribution in [2.75, 3.05) is 19.7 Å². The van der Waals surface area contributed by atoms with E-state index >= 15 is 0 Å². The van der Waals surface area contributed by atoms with Gasteiger partial charge in [-0.1, -0.05) is 18.2 Å². The number of rotatable bonds is 11. The second-order valence-corrected chi connectivity index (χ2v) is 6.33. The average molecular weight is 390 g/mol. The summed E-state index contributed by atoms with van der Waals surface area (Å²) in [6.07, 6.45) is 2.51. The first-order valence-electron chi connectivity index (χ1n) is 9.19. The first-order chi connectivity index (χ1) is 13.5. The molecule has 0 unspecified atom stereocenters. The maximum Gasteiger partial charge on any atom is 0.407 e. The number of amides is 2. The average Bonchev–Trinajstić information content (AvgIpc) is 3.07. The molecule has 0 radical (unpaired) electrons. The molecule has 0 spiro atoms. The number of nitrogens with one attached hydrogen (secondary N) is 3.